The third kappa shape index (κ3) is 4.42. The molecule has 2 rings (SSSR count). The average Bonchev–Trinajstić information content (AvgIpc) is 2.53. The number of hydrogen-bond acceptors (Lipinski definition) is 2. The van der Waals surface area contributed by atoms with Crippen LogP contribution in [0, 0.1) is 23.0 Å². The molecule has 0 bridgehead atoms. The molecule has 5 heteroatoms. The molecule has 2 nitrogen and oxygen atoms in total. The second kappa shape index (κ2) is 7.51. The molecule has 0 aliphatic heterocycles. The van der Waals surface area contributed by atoms with Gasteiger partial charge in [-0.1, -0.05) is 33.8 Å². The highest BCUT2D eigenvalue weighted by Crippen LogP contribution is 2.43. The predicted octanol–water partition coefficient (Wildman–Crippen LogP) is 6.37. The third-order valence-corrected chi connectivity index (χ3v) is 10.9. The number of rotatable bonds is 5. The second-order valence-corrected chi connectivity index (χ2v) is 14.3. The Morgan fingerprint density at radius 2 is 1.69 bits per heavy atom. The molecule has 146 valence electrons. The highest BCUT2D eigenvalue weighted by atomic mass is 28.4. The standard InChI is InChI=1S/C21H32F2O2Si/c1-20(2,3)26(5,6)25-14-15-10-12-21(4,13-11-15)19(24)18-16(22)8-7-9-17(18)23/h7-9,15H,10-14H2,1-6H3. The number of ketones is 1. The fraction of sp³-hybridized carbons (Fsp3) is 0.667. The van der Waals surface area contributed by atoms with Crippen LogP contribution in [0.5, 0.6) is 0 Å². The quantitative estimate of drug-likeness (QED) is 0.437. The summed E-state index contributed by atoms with van der Waals surface area (Å²) in [6.45, 7) is 13.7. The highest BCUT2D eigenvalue weighted by molar-refractivity contribution is 6.74. The molecule has 0 saturated heterocycles. The van der Waals surface area contributed by atoms with E-state index in [1.165, 1.54) is 6.07 Å². The summed E-state index contributed by atoms with van der Waals surface area (Å²) in [5.41, 5.74) is -1.08. The summed E-state index contributed by atoms with van der Waals surface area (Å²) < 4.78 is 34.3. The Morgan fingerprint density at radius 3 is 2.15 bits per heavy atom. The second-order valence-electron chi connectivity index (χ2n) is 9.50. The number of Topliss-reactive ketones (excluding diaryl/α,β-unsaturated/α-hetero) is 1. The van der Waals surface area contributed by atoms with Crippen LogP contribution < -0.4 is 0 Å². The van der Waals surface area contributed by atoms with Crippen molar-refractivity contribution in [1.29, 1.82) is 0 Å². The number of halogens is 2. The summed E-state index contributed by atoms with van der Waals surface area (Å²) in [5.74, 6) is -1.52. The summed E-state index contributed by atoms with van der Waals surface area (Å²) in [7, 11) is -1.78. The van der Waals surface area contributed by atoms with Gasteiger partial charge in [-0.2, -0.15) is 0 Å². The van der Waals surface area contributed by atoms with Gasteiger partial charge in [0.2, 0.25) is 0 Å². The van der Waals surface area contributed by atoms with Crippen LogP contribution in [-0.2, 0) is 4.43 Å². The lowest BCUT2D eigenvalue weighted by Crippen LogP contribution is -2.43. The maximum absolute atomic E-state index is 14.0. The van der Waals surface area contributed by atoms with E-state index in [0.717, 1.165) is 31.6 Å². The van der Waals surface area contributed by atoms with Crippen molar-refractivity contribution in [2.75, 3.05) is 6.61 Å². The molecular formula is C21H32F2O2Si. The molecule has 0 radical (unpaired) electrons. The van der Waals surface area contributed by atoms with Gasteiger partial charge in [-0.15, -0.1) is 0 Å². The van der Waals surface area contributed by atoms with Gasteiger partial charge < -0.3 is 4.43 Å². The molecule has 0 aromatic heterocycles. The third-order valence-electron chi connectivity index (χ3n) is 6.43. The Labute approximate surface area is 157 Å². The summed E-state index contributed by atoms with van der Waals surface area (Å²) in [5, 5.41) is 0.175. The summed E-state index contributed by atoms with van der Waals surface area (Å²) >= 11 is 0. The average molecular weight is 383 g/mol. The number of carbonyl (C=O) groups excluding carboxylic acids is 1. The van der Waals surface area contributed by atoms with Gasteiger partial charge in [0.15, 0.2) is 14.1 Å². The molecule has 0 atom stereocenters. The molecule has 0 unspecified atom stereocenters. The van der Waals surface area contributed by atoms with E-state index in [0.29, 0.717) is 18.8 Å². The van der Waals surface area contributed by atoms with Crippen molar-refractivity contribution in [2.45, 2.75) is 71.5 Å². The van der Waals surface area contributed by atoms with Crippen molar-refractivity contribution >= 4 is 14.1 Å². The zero-order chi connectivity index (χ0) is 19.8. The van der Waals surface area contributed by atoms with Crippen LogP contribution in [0.1, 0.15) is 63.7 Å². The van der Waals surface area contributed by atoms with E-state index in [1.807, 2.05) is 6.92 Å². The van der Waals surface area contributed by atoms with E-state index in [9.17, 15) is 13.6 Å². The Morgan fingerprint density at radius 1 is 1.19 bits per heavy atom. The lowest BCUT2D eigenvalue weighted by atomic mass is 9.68. The first-order valence-corrected chi connectivity index (χ1v) is 12.4. The molecule has 1 aromatic rings. The van der Waals surface area contributed by atoms with Gasteiger partial charge in [-0.3, -0.25) is 4.79 Å². The van der Waals surface area contributed by atoms with Crippen LogP contribution in [0.25, 0.3) is 0 Å². The van der Waals surface area contributed by atoms with E-state index >= 15 is 0 Å². The van der Waals surface area contributed by atoms with Crippen LogP contribution in [-0.4, -0.2) is 20.7 Å². The number of carbonyl (C=O) groups is 1. The van der Waals surface area contributed by atoms with Crippen molar-refractivity contribution in [3.05, 3.63) is 35.4 Å². The minimum absolute atomic E-state index is 0.175. The first kappa shape index (κ1) is 21.2. The lowest BCUT2D eigenvalue weighted by molar-refractivity contribution is 0.0659. The van der Waals surface area contributed by atoms with Crippen molar-refractivity contribution in [2.24, 2.45) is 11.3 Å². The fourth-order valence-electron chi connectivity index (χ4n) is 3.27. The summed E-state index contributed by atoms with van der Waals surface area (Å²) in [4.78, 5) is 12.8. The maximum Gasteiger partial charge on any atom is 0.191 e. The van der Waals surface area contributed by atoms with Crippen LogP contribution in [0.15, 0.2) is 18.2 Å². The van der Waals surface area contributed by atoms with Gasteiger partial charge in [-0.05, 0) is 61.9 Å². The van der Waals surface area contributed by atoms with Gasteiger partial charge >= 0.3 is 0 Å². The monoisotopic (exact) mass is 382 g/mol. The van der Waals surface area contributed by atoms with E-state index in [2.05, 4.69) is 33.9 Å². The van der Waals surface area contributed by atoms with Crippen LogP contribution in [0.3, 0.4) is 0 Å². The van der Waals surface area contributed by atoms with E-state index in [-0.39, 0.29) is 10.6 Å². The Balaban J connectivity index is 2.00. The van der Waals surface area contributed by atoms with Crippen molar-refractivity contribution in [3.63, 3.8) is 0 Å². The van der Waals surface area contributed by atoms with Crippen molar-refractivity contribution < 1.29 is 18.0 Å². The molecule has 0 spiro atoms. The van der Waals surface area contributed by atoms with Crippen LogP contribution in [0.4, 0.5) is 8.78 Å². The van der Waals surface area contributed by atoms with Crippen LogP contribution >= 0.6 is 0 Å². The fourth-order valence-corrected chi connectivity index (χ4v) is 4.35. The highest BCUT2D eigenvalue weighted by Gasteiger charge is 2.41. The molecule has 0 N–H and O–H groups in total. The molecule has 1 aromatic carbocycles. The molecule has 0 heterocycles. The molecule has 1 saturated carbocycles. The van der Waals surface area contributed by atoms with Gasteiger partial charge in [0, 0.05) is 12.0 Å². The Kier molecular flexibility index (Phi) is 6.13. The Bertz CT molecular complexity index is 636. The SMILES string of the molecule is CC1(C(=O)c2c(F)cccc2F)CCC(CO[Si](C)(C)C(C)(C)C)CC1. The number of benzene rings is 1. The van der Waals surface area contributed by atoms with Gasteiger partial charge in [0.05, 0.1) is 5.56 Å². The topological polar surface area (TPSA) is 26.3 Å². The summed E-state index contributed by atoms with van der Waals surface area (Å²) in [6.07, 6.45) is 3.00. The van der Waals surface area contributed by atoms with Crippen molar-refractivity contribution in [1.82, 2.24) is 0 Å². The first-order valence-electron chi connectivity index (χ1n) is 9.50. The normalized spacial score (nSPS) is 24.5. The van der Waals surface area contributed by atoms with Crippen LogP contribution in [0.2, 0.25) is 18.1 Å². The van der Waals surface area contributed by atoms with Gasteiger partial charge in [-0.25, -0.2) is 8.78 Å². The smallest absolute Gasteiger partial charge is 0.191 e. The maximum atomic E-state index is 14.0. The molecule has 0 amide bonds. The molecule has 1 fully saturated rings. The van der Waals surface area contributed by atoms with E-state index in [4.69, 9.17) is 4.43 Å². The lowest BCUT2D eigenvalue weighted by Gasteiger charge is -2.40. The van der Waals surface area contributed by atoms with Gasteiger partial charge in [0.1, 0.15) is 11.6 Å². The zero-order valence-electron chi connectivity index (χ0n) is 16.9. The first-order chi connectivity index (χ1) is 11.9. The van der Waals surface area contributed by atoms with E-state index in [1.54, 1.807) is 0 Å². The molecular weight excluding hydrogens is 350 g/mol. The molecule has 1 aliphatic rings. The largest absolute Gasteiger partial charge is 0.417 e. The number of hydrogen-bond donors (Lipinski definition) is 0. The zero-order valence-corrected chi connectivity index (χ0v) is 17.9. The van der Waals surface area contributed by atoms with E-state index < -0.39 is 31.2 Å². The predicted molar refractivity (Wildman–Crippen MR) is 104 cm³/mol. The molecule has 26 heavy (non-hydrogen) atoms. The minimum Gasteiger partial charge on any atom is -0.417 e. The summed E-state index contributed by atoms with van der Waals surface area (Å²) in [6, 6.07) is 3.59. The Hall–Kier alpha value is -1.07. The van der Waals surface area contributed by atoms with Crippen molar-refractivity contribution in [3.8, 4) is 0 Å². The van der Waals surface area contributed by atoms with Gasteiger partial charge in [0.25, 0.3) is 0 Å². The molecule has 1 aliphatic carbocycles. The minimum atomic E-state index is -1.78.